The van der Waals surface area contributed by atoms with Gasteiger partial charge in [0.05, 0.1) is 4.90 Å². The van der Waals surface area contributed by atoms with E-state index in [1.165, 1.54) is 12.1 Å². The number of carbonyl (C=O) groups is 2. The topological polar surface area (TPSA) is 167 Å². The third kappa shape index (κ3) is 7.93. The molecular weight excluding hydrogens is 532 g/mol. The SMILES string of the molecule is N=C(N)N1CCC[C@@H](CNC(=O)[C@@H](CNC(=O)OCc2ccccc2)NS(=O)(=O)c2ccc3ccccc3c2)C1. The van der Waals surface area contributed by atoms with Crippen molar-refractivity contribution >= 4 is 38.8 Å². The minimum absolute atomic E-state index is 0.0000321. The summed E-state index contributed by atoms with van der Waals surface area (Å²) in [5.74, 6) is -0.564. The van der Waals surface area contributed by atoms with Crippen molar-refractivity contribution in [3.63, 3.8) is 0 Å². The summed E-state index contributed by atoms with van der Waals surface area (Å²) in [6.07, 6.45) is 0.880. The Bertz CT molecular complexity index is 1450. The van der Waals surface area contributed by atoms with Crippen molar-refractivity contribution in [1.29, 1.82) is 5.41 Å². The van der Waals surface area contributed by atoms with Gasteiger partial charge in [-0.2, -0.15) is 4.72 Å². The molecule has 0 unspecified atom stereocenters. The van der Waals surface area contributed by atoms with Crippen LogP contribution in [0.2, 0.25) is 0 Å². The summed E-state index contributed by atoms with van der Waals surface area (Å²) in [7, 11) is -4.12. The predicted octanol–water partition coefficient (Wildman–Crippen LogP) is 2.13. The number of alkyl carbamates (subject to hydrolysis) is 1. The first-order valence-corrected chi connectivity index (χ1v) is 14.5. The average molecular weight is 567 g/mol. The number of carbonyl (C=O) groups excluding carboxylic acids is 2. The first kappa shape index (κ1) is 28.8. The summed E-state index contributed by atoms with van der Waals surface area (Å²) in [5, 5.41) is 14.6. The van der Waals surface area contributed by atoms with E-state index in [0.717, 1.165) is 29.2 Å². The molecule has 1 heterocycles. The number of nitrogens with zero attached hydrogens (tertiary/aromatic N) is 1. The Kier molecular flexibility index (Phi) is 9.56. The Morgan fingerprint density at radius 3 is 2.50 bits per heavy atom. The summed E-state index contributed by atoms with van der Waals surface area (Å²) in [5.41, 5.74) is 6.40. The van der Waals surface area contributed by atoms with E-state index in [-0.39, 0.29) is 36.5 Å². The van der Waals surface area contributed by atoms with Crippen molar-refractivity contribution in [1.82, 2.24) is 20.3 Å². The number of amides is 2. The second kappa shape index (κ2) is 13.3. The molecule has 0 aromatic heterocycles. The molecule has 0 aliphatic carbocycles. The van der Waals surface area contributed by atoms with Crippen LogP contribution in [0.4, 0.5) is 4.79 Å². The van der Waals surface area contributed by atoms with E-state index in [4.69, 9.17) is 15.9 Å². The number of hydrogen-bond acceptors (Lipinski definition) is 6. The zero-order valence-electron chi connectivity index (χ0n) is 22.0. The Morgan fingerprint density at radius 2 is 1.75 bits per heavy atom. The lowest BCUT2D eigenvalue weighted by Gasteiger charge is -2.33. The van der Waals surface area contributed by atoms with Crippen molar-refractivity contribution in [2.75, 3.05) is 26.2 Å². The highest BCUT2D eigenvalue weighted by Crippen LogP contribution is 2.19. The van der Waals surface area contributed by atoms with Crippen LogP contribution in [0.3, 0.4) is 0 Å². The molecule has 1 aliphatic rings. The van der Waals surface area contributed by atoms with E-state index in [9.17, 15) is 18.0 Å². The molecule has 1 aliphatic heterocycles. The maximum absolute atomic E-state index is 13.3. The molecule has 2 atom stereocenters. The Hall–Kier alpha value is -4.16. The van der Waals surface area contributed by atoms with Crippen molar-refractivity contribution in [2.24, 2.45) is 11.7 Å². The first-order chi connectivity index (χ1) is 19.2. The molecule has 2 amide bonds. The zero-order chi connectivity index (χ0) is 28.5. The van der Waals surface area contributed by atoms with Gasteiger partial charge in [0, 0.05) is 26.2 Å². The van der Waals surface area contributed by atoms with E-state index >= 15 is 0 Å². The third-order valence-corrected chi connectivity index (χ3v) is 8.20. The molecule has 3 aromatic rings. The van der Waals surface area contributed by atoms with Crippen LogP contribution in [-0.2, 0) is 26.2 Å². The minimum atomic E-state index is -4.12. The molecule has 3 aromatic carbocycles. The van der Waals surface area contributed by atoms with Crippen molar-refractivity contribution < 1.29 is 22.7 Å². The predicted molar refractivity (Wildman–Crippen MR) is 152 cm³/mol. The number of nitrogens with two attached hydrogens (primary N) is 1. The van der Waals surface area contributed by atoms with Gasteiger partial charge in [-0.25, -0.2) is 13.2 Å². The summed E-state index contributed by atoms with van der Waals surface area (Å²) < 4.78 is 34.2. The minimum Gasteiger partial charge on any atom is -0.445 e. The number of piperidine rings is 1. The monoisotopic (exact) mass is 566 g/mol. The smallest absolute Gasteiger partial charge is 0.407 e. The number of sulfonamides is 1. The van der Waals surface area contributed by atoms with Crippen LogP contribution >= 0.6 is 0 Å². The molecule has 40 heavy (non-hydrogen) atoms. The lowest BCUT2D eigenvalue weighted by atomic mass is 9.98. The number of rotatable bonds is 10. The maximum atomic E-state index is 13.3. The van der Waals surface area contributed by atoms with E-state index in [2.05, 4.69) is 15.4 Å². The number of guanidine groups is 1. The van der Waals surface area contributed by atoms with Gasteiger partial charge in [-0.05, 0) is 47.2 Å². The molecule has 0 spiro atoms. The summed E-state index contributed by atoms with van der Waals surface area (Å²) >= 11 is 0. The van der Waals surface area contributed by atoms with Gasteiger partial charge in [-0.15, -0.1) is 0 Å². The van der Waals surface area contributed by atoms with Gasteiger partial charge in [-0.3, -0.25) is 10.2 Å². The summed E-state index contributed by atoms with van der Waals surface area (Å²) in [6, 6.07) is 19.9. The van der Waals surface area contributed by atoms with E-state index in [0.29, 0.717) is 13.1 Å². The van der Waals surface area contributed by atoms with Crippen LogP contribution in [0.5, 0.6) is 0 Å². The van der Waals surface area contributed by atoms with E-state index < -0.39 is 28.1 Å². The van der Waals surface area contributed by atoms with Gasteiger partial charge in [0.25, 0.3) is 0 Å². The van der Waals surface area contributed by atoms with Crippen molar-refractivity contribution in [3.8, 4) is 0 Å². The van der Waals surface area contributed by atoms with Crippen molar-refractivity contribution in [3.05, 3.63) is 78.4 Å². The molecule has 0 radical (unpaired) electrons. The van der Waals surface area contributed by atoms with Crippen LogP contribution < -0.4 is 21.1 Å². The Labute approximate surface area is 233 Å². The van der Waals surface area contributed by atoms with Crippen LogP contribution in [0, 0.1) is 11.3 Å². The van der Waals surface area contributed by atoms with Gasteiger partial charge < -0.3 is 26.0 Å². The summed E-state index contributed by atoms with van der Waals surface area (Å²) in [6.45, 7) is 1.18. The molecule has 4 rings (SSSR count). The fourth-order valence-electron chi connectivity index (χ4n) is 4.56. The molecular formula is C28H34N6O5S. The average Bonchev–Trinajstić information content (AvgIpc) is 2.97. The van der Waals surface area contributed by atoms with E-state index in [1.54, 1.807) is 29.2 Å². The number of fused-ring (bicyclic) bond motifs is 1. The number of likely N-dealkylation sites (tertiary alicyclic amines) is 1. The van der Waals surface area contributed by atoms with Crippen LogP contribution in [-0.4, -0.2) is 63.5 Å². The Balaban J connectivity index is 1.43. The molecule has 0 bridgehead atoms. The Morgan fingerprint density at radius 1 is 1.02 bits per heavy atom. The zero-order valence-corrected chi connectivity index (χ0v) is 22.8. The van der Waals surface area contributed by atoms with Crippen LogP contribution in [0.25, 0.3) is 10.8 Å². The number of ether oxygens (including phenoxy) is 1. The molecule has 6 N–H and O–H groups in total. The standard InChI is InChI=1S/C28H34N6O5S/c29-27(30)34-14-6-9-21(18-34)16-31-26(35)25(17-32-28(36)39-19-20-7-2-1-3-8-20)33-40(37,38)24-13-12-22-10-4-5-11-23(22)15-24/h1-5,7-8,10-13,15,21,25,33H,6,9,14,16-19H2,(H3,29,30)(H,31,35)(H,32,36)/t21-,25+/m0/s1. The largest absolute Gasteiger partial charge is 0.445 e. The lowest BCUT2D eigenvalue weighted by molar-refractivity contribution is -0.122. The fraction of sp³-hybridized carbons (Fsp3) is 0.321. The normalized spacial score (nSPS) is 16.2. The van der Waals surface area contributed by atoms with Gasteiger partial charge in [0.2, 0.25) is 15.9 Å². The van der Waals surface area contributed by atoms with Crippen LogP contribution in [0.1, 0.15) is 18.4 Å². The molecule has 0 saturated carbocycles. The molecule has 1 saturated heterocycles. The first-order valence-electron chi connectivity index (χ1n) is 13.0. The lowest BCUT2D eigenvalue weighted by Crippen LogP contribution is -2.54. The fourth-order valence-corrected chi connectivity index (χ4v) is 5.79. The molecule has 212 valence electrons. The maximum Gasteiger partial charge on any atom is 0.407 e. The van der Waals surface area contributed by atoms with Gasteiger partial charge >= 0.3 is 6.09 Å². The van der Waals surface area contributed by atoms with Crippen molar-refractivity contribution in [2.45, 2.75) is 30.4 Å². The highest BCUT2D eigenvalue weighted by molar-refractivity contribution is 7.89. The van der Waals surface area contributed by atoms with Gasteiger partial charge in [0.1, 0.15) is 12.6 Å². The molecule has 1 fully saturated rings. The molecule has 12 heteroatoms. The second-order valence-corrected chi connectivity index (χ2v) is 11.4. The highest BCUT2D eigenvalue weighted by Gasteiger charge is 2.28. The number of hydrogen-bond donors (Lipinski definition) is 5. The summed E-state index contributed by atoms with van der Waals surface area (Å²) in [4.78, 5) is 27.3. The van der Waals surface area contributed by atoms with Crippen LogP contribution in [0.15, 0.2) is 77.7 Å². The number of nitrogens with one attached hydrogen (secondary N) is 4. The third-order valence-electron chi connectivity index (χ3n) is 6.73. The highest BCUT2D eigenvalue weighted by atomic mass is 32.2. The van der Waals surface area contributed by atoms with Gasteiger partial charge in [0.15, 0.2) is 5.96 Å². The number of benzene rings is 3. The second-order valence-electron chi connectivity index (χ2n) is 9.71. The quantitative estimate of drug-likeness (QED) is 0.185. The van der Waals surface area contributed by atoms with E-state index in [1.807, 2.05) is 36.4 Å². The van der Waals surface area contributed by atoms with Gasteiger partial charge in [-0.1, -0.05) is 60.7 Å². The molecule has 11 nitrogen and oxygen atoms in total.